The first-order chi connectivity index (χ1) is 18.0. The third-order valence-electron chi connectivity index (χ3n) is 6.96. The van der Waals surface area contributed by atoms with Gasteiger partial charge >= 0.3 is 0 Å². The summed E-state index contributed by atoms with van der Waals surface area (Å²) in [5, 5.41) is 0. The Hall–Kier alpha value is -1.75. The second kappa shape index (κ2) is 15.3. The molecule has 0 bridgehead atoms. The van der Waals surface area contributed by atoms with Gasteiger partial charge < -0.3 is 4.90 Å². The van der Waals surface area contributed by atoms with E-state index in [1.807, 2.05) is 13.8 Å². The van der Waals surface area contributed by atoms with Crippen molar-refractivity contribution >= 4 is 32.5 Å². The molecule has 1 fully saturated rings. The van der Waals surface area contributed by atoms with Crippen LogP contribution in [0.5, 0.6) is 0 Å². The molecule has 10 heteroatoms. The van der Waals surface area contributed by atoms with Crippen LogP contribution in [0.25, 0.3) is 0 Å². The molecule has 39 heavy (non-hydrogen) atoms. The molecule has 0 aromatic heterocycles. The third-order valence-corrected chi connectivity index (χ3v) is 10.7. The molecule has 1 saturated heterocycles. The van der Waals surface area contributed by atoms with E-state index in [-0.39, 0.29) is 35.3 Å². The molecule has 1 heterocycles. The van der Waals surface area contributed by atoms with E-state index in [1.165, 1.54) is 8.61 Å². The van der Waals surface area contributed by atoms with Crippen molar-refractivity contribution in [2.75, 3.05) is 45.8 Å². The topological polar surface area (TPSA) is 78.0 Å². The minimum atomic E-state index is -3.76. The molecule has 7 nitrogen and oxygen atoms in total. The van der Waals surface area contributed by atoms with Crippen LogP contribution in [0.3, 0.4) is 0 Å². The molecule has 1 aliphatic heterocycles. The molecular weight excluding hydrogens is 554 g/mol. The molecule has 0 amide bonds. The summed E-state index contributed by atoms with van der Waals surface area (Å²) in [5.41, 5.74) is 2.53. The monoisotopic (exact) mass is 597 g/mol. The molecule has 0 aliphatic carbocycles. The maximum atomic E-state index is 13.6. The van der Waals surface area contributed by atoms with E-state index in [1.54, 1.807) is 48.5 Å². The van der Waals surface area contributed by atoms with Crippen molar-refractivity contribution < 1.29 is 16.8 Å². The second-order valence-corrected chi connectivity index (χ2v) is 14.2. The number of benzene rings is 2. The van der Waals surface area contributed by atoms with Gasteiger partial charge in [-0.1, -0.05) is 61.7 Å². The summed E-state index contributed by atoms with van der Waals surface area (Å²) in [7, 11) is -7.53. The quantitative estimate of drug-likeness (QED) is 0.307. The highest BCUT2D eigenvalue weighted by Crippen LogP contribution is 2.22. The largest absolute Gasteiger partial charge is 0.303 e. The van der Waals surface area contributed by atoms with Crippen LogP contribution in [-0.4, -0.2) is 76.2 Å². The fourth-order valence-corrected chi connectivity index (χ4v) is 7.70. The van der Waals surface area contributed by atoms with Gasteiger partial charge in [-0.05, 0) is 82.6 Å². The molecule has 0 saturated carbocycles. The van der Waals surface area contributed by atoms with Crippen LogP contribution in [0.4, 0.5) is 0 Å². The number of sulfonamides is 2. The lowest BCUT2D eigenvalue weighted by atomic mass is 10.2. The van der Waals surface area contributed by atoms with Gasteiger partial charge in [0.05, 0.1) is 9.79 Å². The molecule has 0 N–H and O–H groups in total. The van der Waals surface area contributed by atoms with Crippen LogP contribution in [0.2, 0.25) is 0 Å². The van der Waals surface area contributed by atoms with Gasteiger partial charge in [-0.25, -0.2) is 16.8 Å². The Bertz CT molecular complexity index is 1170. The minimum Gasteiger partial charge on any atom is -0.303 e. The van der Waals surface area contributed by atoms with Crippen LogP contribution in [-0.2, 0) is 20.0 Å². The average molecular weight is 598 g/mol. The Labute approximate surface area is 242 Å². The van der Waals surface area contributed by atoms with Crippen molar-refractivity contribution in [1.82, 2.24) is 13.5 Å². The molecule has 3 rings (SSSR count). The number of halogens is 1. The van der Waals surface area contributed by atoms with Crippen molar-refractivity contribution in [1.29, 1.82) is 0 Å². The van der Waals surface area contributed by atoms with E-state index in [2.05, 4.69) is 18.4 Å². The summed E-state index contributed by atoms with van der Waals surface area (Å²) >= 11 is 0. The van der Waals surface area contributed by atoms with Crippen LogP contribution < -0.4 is 0 Å². The number of rotatable bonds is 8. The van der Waals surface area contributed by atoms with Crippen LogP contribution in [0, 0.1) is 13.8 Å². The lowest BCUT2D eigenvalue weighted by Crippen LogP contribution is -2.41. The molecule has 218 valence electrons. The zero-order valence-electron chi connectivity index (χ0n) is 23.5. The Kier molecular flexibility index (Phi) is 13.1. The molecule has 2 aromatic rings. The standard InChI is InChI=1S/C29H43N3O4S2.ClH/c1-5-6-7-18-30-19-8-21-31(37(33,34)28-14-10-25(2)11-15-28)23-27(4)24-32(22-9-20-30)38(35,36)29-16-12-26(3)13-17-29;/h10-17H,4-9,18-24H2,1-3H3;1H. The number of nitrogens with zero attached hydrogens (tertiary/aromatic N) is 3. The normalized spacial score (nSPS) is 17.7. The lowest BCUT2D eigenvalue weighted by Gasteiger charge is -2.30. The van der Waals surface area contributed by atoms with Gasteiger partial charge in [0, 0.05) is 26.2 Å². The van der Waals surface area contributed by atoms with Crippen molar-refractivity contribution in [3.63, 3.8) is 0 Å². The maximum Gasteiger partial charge on any atom is 0.243 e. The van der Waals surface area contributed by atoms with E-state index >= 15 is 0 Å². The van der Waals surface area contributed by atoms with Crippen molar-refractivity contribution in [3.8, 4) is 0 Å². The lowest BCUT2D eigenvalue weighted by molar-refractivity contribution is 0.241. The summed E-state index contributed by atoms with van der Waals surface area (Å²) in [6, 6.07) is 13.7. The zero-order valence-corrected chi connectivity index (χ0v) is 26.0. The molecule has 0 radical (unpaired) electrons. The molecule has 2 aromatic carbocycles. The third kappa shape index (κ3) is 9.40. The first kappa shape index (κ1) is 33.5. The van der Waals surface area contributed by atoms with E-state index in [0.29, 0.717) is 31.5 Å². The van der Waals surface area contributed by atoms with Crippen molar-refractivity contribution in [3.05, 3.63) is 71.8 Å². The fourth-order valence-electron chi connectivity index (χ4n) is 4.70. The molecule has 0 unspecified atom stereocenters. The first-order valence-electron chi connectivity index (χ1n) is 13.6. The second-order valence-electron chi connectivity index (χ2n) is 10.3. The van der Waals surface area contributed by atoms with Gasteiger partial charge in [0.2, 0.25) is 20.0 Å². The SMILES string of the molecule is C=C1CN(S(=O)(=O)c2ccc(C)cc2)CCCN(CCCCC)CCCN(S(=O)(=O)c2ccc(C)cc2)C1.Cl. The minimum absolute atomic E-state index is 0. The number of hydrogen-bond donors (Lipinski definition) is 0. The maximum absolute atomic E-state index is 13.6. The van der Waals surface area contributed by atoms with E-state index in [0.717, 1.165) is 50.0 Å². The van der Waals surface area contributed by atoms with Gasteiger partial charge in [0.25, 0.3) is 0 Å². The number of hydrogen-bond acceptors (Lipinski definition) is 5. The molecule has 0 spiro atoms. The van der Waals surface area contributed by atoms with Crippen molar-refractivity contribution in [2.24, 2.45) is 0 Å². The smallest absolute Gasteiger partial charge is 0.243 e. The van der Waals surface area contributed by atoms with Gasteiger partial charge in [-0.2, -0.15) is 8.61 Å². The van der Waals surface area contributed by atoms with Gasteiger partial charge in [-0.15, -0.1) is 12.4 Å². The highest BCUT2D eigenvalue weighted by atomic mass is 35.5. The average Bonchev–Trinajstić information content (AvgIpc) is 2.87. The highest BCUT2D eigenvalue weighted by molar-refractivity contribution is 7.89. The number of aryl methyl sites for hydroxylation is 2. The van der Waals surface area contributed by atoms with Crippen LogP contribution in [0.1, 0.15) is 50.2 Å². The zero-order chi connectivity index (χ0) is 27.8. The summed E-state index contributed by atoms with van der Waals surface area (Å²) < 4.78 is 57.4. The molecule has 1 aliphatic rings. The van der Waals surface area contributed by atoms with Gasteiger partial charge in [-0.3, -0.25) is 0 Å². The highest BCUT2D eigenvalue weighted by Gasteiger charge is 2.29. The Morgan fingerprint density at radius 2 is 1.10 bits per heavy atom. The Morgan fingerprint density at radius 1 is 0.692 bits per heavy atom. The summed E-state index contributed by atoms with van der Waals surface area (Å²) in [5.74, 6) is 0. The van der Waals surface area contributed by atoms with E-state index in [4.69, 9.17) is 0 Å². The van der Waals surface area contributed by atoms with E-state index in [9.17, 15) is 16.8 Å². The predicted molar refractivity (Wildman–Crippen MR) is 161 cm³/mol. The van der Waals surface area contributed by atoms with Crippen LogP contribution >= 0.6 is 12.4 Å². The first-order valence-corrected chi connectivity index (χ1v) is 16.4. The molecular formula is C29H44ClN3O4S2. The van der Waals surface area contributed by atoms with Gasteiger partial charge in [0.1, 0.15) is 0 Å². The van der Waals surface area contributed by atoms with Gasteiger partial charge in [0.15, 0.2) is 0 Å². The van der Waals surface area contributed by atoms with E-state index < -0.39 is 20.0 Å². The van der Waals surface area contributed by atoms with Crippen LogP contribution in [0.15, 0.2) is 70.5 Å². The van der Waals surface area contributed by atoms with Crippen molar-refractivity contribution in [2.45, 2.75) is 62.7 Å². The summed E-state index contributed by atoms with van der Waals surface area (Å²) in [6.45, 7) is 13.5. The molecule has 0 atom stereocenters. The number of unbranched alkanes of at least 4 members (excludes halogenated alkanes) is 2. The fraction of sp³-hybridized carbons (Fsp3) is 0.517. The summed E-state index contributed by atoms with van der Waals surface area (Å²) in [6.07, 6.45) is 4.75. The predicted octanol–water partition coefficient (Wildman–Crippen LogP) is 5.25. The Morgan fingerprint density at radius 3 is 1.49 bits per heavy atom. The summed E-state index contributed by atoms with van der Waals surface area (Å²) in [4.78, 5) is 2.83. The Balaban J connectivity index is 0.00000533.